The third-order valence-electron chi connectivity index (χ3n) is 4.50. The Hall–Kier alpha value is -3.20. The fourth-order valence-electron chi connectivity index (χ4n) is 3.05. The van der Waals surface area contributed by atoms with E-state index in [1.54, 1.807) is 23.6 Å². The summed E-state index contributed by atoms with van der Waals surface area (Å²) in [5.74, 6) is -0.0564. The molecule has 0 bridgehead atoms. The minimum Gasteiger partial charge on any atom is -0.336 e. The number of hydrogen-bond donors (Lipinski definition) is 1. The second kappa shape index (κ2) is 8.04. The molecule has 1 aromatic heterocycles. The highest BCUT2D eigenvalue weighted by molar-refractivity contribution is 8.00. The van der Waals surface area contributed by atoms with Crippen LogP contribution < -0.4 is 5.32 Å². The van der Waals surface area contributed by atoms with E-state index in [-0.39, 0.29) is 17.8 Å². The number of benzene rings is 2. The number of carbonyl (C=O) groups is 2. The highest BCUT2D eigenvalue weighted by Crippen LogP contribution is 2.31. The molecule has 7 nitrogen and oxygen atoms in total. The molecule has 1 saturated heterocycles. The predicted octanol–water partition coefficient (Wildman–Crippen LogP) is 3.11. The van der Waals surface area contributed by atoms with Crippen molar-refractivity contribution in [3.63, 3.8) is 0 Å². The third kappa shape index (κ3) is 3.86. The van der Waals surface area contributed by atoms with Gasteiger partial charge in [-0.05, 0) is 31.2 Å². The SMILES string of the molecule is CC(Sc1nnc(-c2ccccc2)n1-c1ccc(F)cc1)C(=O)N1CCNC1=O. The van der Waals surface area contributed by atoms with Crippen molar-refractivity contribution in [3.05, 3.63) is 60.4 Å². The number of thioether (sulfide) groups is 1. The van der Waals surface area contributed by atoms with E-state index in [2.05, 4.69) is 15.5 Å². The van der Waals surface area contributed by atoms with Crippen LogP contribution in [0.3, 0.4) is 0 Å². The maximum absolute atomic E-state index is 13.4. The Bertz CT molecular complexity index is 1040. The van der Waals surface area contributed by atoms with Crippen molar-refractivity contribution in [1.29, 1.82) is 0 Å². The van der Waals surface area contributed by atoms with Gasteiger partial charge in [0.15, 0.2) is 11.0 Å². The van der Waals surface area contributed by atoms with Crippen LogP contribution in [-0.4, -0.2) is 49.9 Å². The zero-order chi connectivity index (χ0) is 20.4. The molecule has 29 heavy (non-hydrogen) atoms. The summed E-state index contributed by atoms with van der Waals surface area (Å²) in [5.41, 5.74) is 1.52. The molecule has 0 saturated carbocycles. The van der Waals surface area contributed by atoms with Crippen LogP contribution in [-0.2, 0) is 4.79 Å². The van der Waals surface area contributed by atoms with Gasteiger partial charge in [-0.15, -0.1) is 10.2 Å². The number of nitrogens with one attached hydrogen (secondary N) is 1. The van der Waals surface area contributed by atoms with Crippen LogP contribution in [0.25, 0.3) is 17.1 Å². The van der Waals surface area contributed by atoms with Crippen LogP contribution in [0.5, 0.6) is 0 Å². The van der Waals surface area contributed by atoms with E-state index >= 15 is 0 Å². The van der Waals surface area contributed by atoms with E-state index in [0.29, 0.717) is 29.8 Å². The van der Waals surface area contributed by atoms with Gasteiger partial charge in [0.25, 0.3) is 0 Å². The smallest absolute Gasteiger partial charge is 0.324 e. The Labute approximate surface area is 170 Å². The molecular weight excluding hydrogens is 393 g/mol. The van der Waals surface area contributed by atoms with Gasteiger partial charge < -0.3 is 5.32 Å². The summed E-state index contributed by atoms with van der Waals surface area (Å²) in [6.45, 7) is 2.53. The molecule has 0 aliphatic carbocycles. The molecule has 1 N–H and O–H groups in total. The molecule has 3 aromatic rings. The van der Waals surface area contributed by atoms with Crippen LogP contribution >= 0.6 is 11.8 Å². The summed E-state index contributed by atoms with van der Waals surface area (Å²) in [7, 11) is 0. The molecule has 9 heteroatoms. The Kier molecular flexibility index (Phi) is 5.30. The number of carbonyl (C=O) groups excluding carboxylic acids is 2. The first-order valence-electron chi connectivity index (χ1n) is 9.07. The number of urea groups is 1. The lowest BCUT2D eigenvalue weighted by Gasteiger charge is -2.17. The molecule has 1 fully saturated rings. The summed E-state index contributed by atoms with van der Waals surface area (Å²) in [6.07, 6.45) is 0. The first-order chi connectivity index (χ1) is 14.0. The van der Waals surface area contributed by atoms with Crippen molar-refractivity contribution in [2.75, 3.05) is 13.1 Å². The Morgan fingerprint density at radius 2 is 1.86 bits per heavy atom. The van der Waals surface area contributed by atoms with Crippen molar-refractivity contribution >= 4 is 23.7 Å². The number of hydrogen-bond acceptors (Lipinski definition) is 5. The van der Waals surface area contributed by atoms with Crippen LogP contribution in [0.2, 0.25) is 0 Å². The number of amides is 3. The lowest BCUT2D eigenvalue weighted by molar-refractivity contribution is -0.126. The molecular formula is C20H18FN5O2S. The maximum atomic E-state index is 13.4. The quantitative estimate of drug-likeness (QED) is 0.653. The molecule has 2 aromatic carbocycles. The topological polar surface area (TPSA) is 80.1 Å². The molecule has 4 rings (SSSR count). The summed E-state index contributed by atoms with van der Waals surface area (Å²) < 4.78 is 15.2. The summed E-state index contributed by atoms with van der Waals surface area (Å²) in [6, 6.07) is 15.1. The fourth-order valence-corrected chi connectivity index (χ4v) is 3.98. The highest BCUT2D eigenvalue weighted by Gasteiger charge is 2.31. The van der Waals surface area contributed by atoms with Crippen molar-refractivity contribution in [3.8, 4) is 17.1 Å². The highest BCUT2D eigenvalue weighted by atomic mass is 32.2. The van der Waals surface area contributed by atoms with Gasteiger partial charge >= 0.3 is 6.03 Å². The zero-order valence-corrected chi connectivity index (χ0v) is 16.4. The van der Waals surface area contributed by atoms with Crippen molar-refractivity contribution < 1.29 is 14.0 Å². The van der Waals surface area contributed by atoms with Gasteiger partial charge in [-0.25, -0.2) is 9.18 Å². The van der Waals surface area contributed by atoms with Crippen molar-refractivity contribution in [2.45, 2.75) is 17.3 Å². The maximum Gasteiger partial charge on any atom is 0.324 e. The van der Waals surface area contributed by atoms with E-state index < -0.39 is 5.25 Å². The van der Waals surface area contributed by atoms with E-state index in [4.69, 9.17) is 0 Å². The van der Waals surface area contributed by atoms with Gasteiger partial charge in [-0.3, -0.25) is 14.3 Å². The fraction of sp³-hybridized carbons (Fsp3) is 0.200. The first-order valence-corrected chi connectivity index (χ1v) is 9.95. The molecule has 0 radical (unpaired) electrons. The molecule has 0 spiro atoms. The molecule has 1 atom stereocenters. The van der Waals surface area contributed by atoms with Crippen LogP contribution in [0.4, 0.5) is 9.18 Å². The molecule has 3 amide bonds. The number of aromatic nitrogens is 3. The van der Waals surface area contributed by atoms with Gasteiger partial charge in [0, 0.05) is 24.3 Å². The van der Waals surface area contributed by atoms with E-state index in [1.807, 2.05) is 30.3 Å². The molecule has 1 aliphatic heterocycles. The second-order valence-corrected chi connectivity index (χ2v) is 7.77. The number of halogens is 1. The number of rotatable bonds is 5. The predicted molar refractivity (Wildman–Crippen MR) is 107 cm³/mol. The molecule has 1 aliphatic rings. The second-order valence-electron chi connectivity index (χ2n) is 6.47. The van der Waals surface area contributed by atoms with Crippen LogP contribution in [0.15, 0.2) is 59.8 Å². The summed E-state index contributed by atoms with van der Waals surface area (Å²) in [5, 5.41) is 11.1. The first kappa shape index (κ1) is 19.1. The Morgan fingerprint density at radius 1 is 1.14 bits per heavy atom. The number of imide groups is 1. The van der Waals surface area contributed by atoms with Crippen molar-refractivity contribution in [1.82, 2.24) is 25.0 Å². The van der Waals surface area contributed by atoms with Crippen LogP contribution in [0.1, 0.15) is 6.92 Å². The van der Waals surface area contributed by atoms with Gasteiger partial charge in [0.1, 0.15) is 5.82 Å². The largest absolute Gasteiger partial charge is 0.336 e. The van der Waals surface area contributed by atoms with Gasteiger partial charge in [0.2, 0.25) is 5.91 Å². The molecule has 1 unspecified atom stereocenters. The zero-order valence-electron chi connectivity index (χ0n) is 15.6. The summed E-state index contributed by atoms with van der Waals surface area (Å²) >= 11 is 1.21. The molecule has 148 valence electrons. The van der Waals surface area contributed by atoms with E-state index in [1.165, 1.54) is 28.8 Å². The van der Waals surface area contributed by atoms with Gasteiger partial charge in [0.05, 0.1) is 5.25 Å². The van der Waals surface area contributed by atoms with Crippen molar-refractivity contribution in [2.24, 2.45) is 0 Å². The Morgan fingerprint density at radius 3 is 2.52 bits per heavy atom. The average molecular weight is 411 g/mol. The molecule has 2 heterocycles. The minimum atomic E-state index is -0.550. The van der Waals surface area contributed by atoms with Crippen LogP contribution in [0, 0.1) is 5.82 Å². The average Bonchev–Trinajstić information content (AvgIpc) is 3.35. The lowest BCUT2D eigenvalue weighted by Crippen LogP contribution is -2.39. The minimum absolute atomic E-state index is 0.292. The van der Waals surface area contributed by atoms with Gasteiger partial charge in [-0.1, -0.05) is 42.1 Å². The lowest BCUT2D eigenvalue weighted by atomic mass is 10.2. The third-order valence-corrected chi connectivity index (χ3v) is 5.53. The normalized spacial score (nSPS) is 14.7. The standard InChI is InChI=1S/C20H18FN5O2S/c1-13(18(27)25-12-11-22-19(25)28)29-20-24-23-17(14-5-3-2-4-6-14)26(20)16-9-7-15(21)8-10-16/h2-10,13H,11-12H2,1H3,(H,22,28). The summed E-state index contributed by atoms with van der Waals surface area (Å²) in [4.78, 5) is 25.7. The van der Waals surface area contributed by atoms with E-state index in [9.17, 15) is 14.0 Å². The van der Waals surface area contributed by atoms with Gasteiger partial charge in [-0.2, -0.15) is 0 Å². The Balaban J connectivity index is 1.70. The monoisotopic (exact) mass is 411 g/mol. The number of nitrogens with zero attached hydrogens (tertiary/aromatic N) is 4. The van der Waals surface area contributed by atoms with E-state index in [0.717, 1.165) is 5.56 Å².